The number of fused-ring (bicyclic) bond motifs is 1. The Hall–Kier alpha value is -1.55. The minimum absolute atomic E-state index is 0.0161. The van der Waals surface area contributed by atoms with E-state index in [0.717, 1.165) is 25.7 Å². The molecule has 2 fully saturated rings. The van der Waals surface area contributed by atoms with Crippen LogP contribution in [0.5, 0.6) is 0 Å². The maximum atomic E-state index is 14.4. The molecule has 136 valence electrons. The first-order valence-electron chi connectivity index (χ1n) is 8.33. The molecule has 3 heterocycles. The molecule has 2 aromatic rings. The number of anilines is 1. The molecule has 2 aromatic heterocycles. The fourth-order valence-electron chi connectivity index (χ4n) is 3.52. The lowest BCUT2D eigenvalue weighted by molar-refractivity contribution is -0.0459. The van der Waals surface area contributed by atoms with E-state index in [1.165, 1.54) is 10.9 Å². The summed E-state index contributed by atoms with van der Waals surface area (Å²) in [5.41, 5.74) is 0.785. The minimum atomic E-state index is -1.71. The molecule has 0 bridgehead atoms. The first kappa shape index (κ1) is 16.9. The average Bonchev–Trinajstić information content (AvgIpc) is 3.29. The SMILES string of the molecule is OC[C@H]1O[C@@H](n2cnc3c(NC4CCCC4)nc(Cl)nc32)[C@H](F)C1O. The van der Waals surface area contributed by atoms with Gasteiger partial charge in [0.2, 0.25) is 5.28 Å². The maximum Gasteiger partial charge on any atom is 0.226 e. The lowest BCUT2D eigenvalue weighted by atomic mass is 10.1. The van der Waals surface area contributed by atoms with Crippen LogP contribution in [0.1, 0.15) is 31.9 Å². The Morgan fingerprint density at radius 3 is 2.80 bits per heavy atom. The van der Waals surface area contributed by atoms with Gasteiger partial charge in [0.15, 0.2) is 29.4 Å². The molecule has 1 saturated heterocycles. The summed E-state index contributed by atoms with van der Waals surface area (Å²) in [5, 5.41) is 22.4. The van der Waals surface area contributed by atoms with E-state index in [2.05, 4.69) is 20.3 Å². The molecule has 4 rings (SSSR count). The Morgan fingerprint density at radius 2 is 2.12 bits per heavy atom. The normalized spacial score (nSPS) is 30.4. The molecular formula is C15H19ClFN5O3. The van der Waals surface area contributed by atoms with Crippen LogP contribution in [0.15, 0.2) is 6.33 Å². The average molecular weight is 372 g/mol. The fraction of sp³-hybridized carbons (Fsp3) is 0.667. The lowest BCUT2D eigenvalue weighted by Crippen LogP contribution is -2.30. The molecule has 8 nitrogen and oxygen atoms in total. The molecule has 2 aliphatic rings. The number of rotatable bonds is 4. The molecule has 0 amide bonds. The Labute approximate surface area is 148 Å². The molecule has 0 aromatic carbocycles. The first-order valence-corrected chi connectivity index (χ1v) is 8.71. The summed E-state index contributed by atoms with van der Waals surface area (Å²) in [4.78, 5) is 12.6. The van der Waals surface area contributed by atoms with Crippen molar-refractivity contribution in [2.75, 3.05) is 11.9 Å². The Kier molecular flexibility index (Phi) is 4.48. The number of aliphatic hydroxyl groups excluding tert-OH is 2. The molecule has 3 N–H and O–H groups in total. The summed E-state index contributed by atoms with van der Waals surface area (Å²) >= 11 is 6.04. The number of imidazole rings is 1. The standard InChI is InChI=1S/C15H19ClFN5O3/c16-15-20-12(19-7-3-1-2-4-7)10-13(21-15)22(6-18-10)14-9(17)11(24)8(5-23)25-14/h6-9,11,14,23-24H,1-5H2,(H,19,20,21)/t8-,9-,11?,14-/m1/s1. The molecule has 0 radical (unpaired) electrons. The van der Waals surface area contributed by atoms with Crippen molar-refractivity contribution < 1.29 is 19.3 Å². The third-order valence-electron chi connectivity index (χ3n) is 4.84. The summed E-state index contributed by atoms with van der Waals surface area (Å²) in [6.45, 7) is -0.477. The molecule has 1 aliphatic heterocycles. The third kappa shape index (κ3) is 2.95. The molecule has 1 aliphatic carbocycles. The number of halogens is 2. The molecule has 10 heteroatoms. The summed E-state index contributed by atoms with van der Waals surface area (Å²) in [5.74, 6) is 0.508. The molecule has 1 saturated carbocycles. The van der Waals surface area contributed by atoms with Gasteiger partial charge in [0.25, 0.3) is 0 Å². The van der Waals surface area contributed by atoms with Gasteiger partial charge in [0.05, 0.1) is 12.9 Å². The molecule has 4 atom stereocenters. The molecular weight excluding hydrogens is 353 g/mol. The van der Waals surface area contributed by atoms with Crippen LogP contribution in [0.2, 0.25) is 5.28 Å². The van der Waals surface area contributed by atoms with Crippen molar-refractivity contribution in [1.29, 1.82) is 0 Å². The van der Waals surface area contributed by atoms with Crippen LogP contribution in [0.25, 0.3) is 11.2 Å². The zero-order chi connectivity index (χ0) is 17.6. The van der Waals surface area contributed by atoms with Gasteiger partial charge < -0.3 is 20.3 Å². The quantitative estimate of drug-likeness (QED) is 0.698. The van der Waals surface area contributed by atoms with Crippen LogP contribution >= 0.6 is 11.6 Å². The van der Waals surface area contributed by atoms with Crippen LogP contribution in [0.4, 0.5) is 10.2 Å². The van der Waals surface area contributed by atoms with Gasteiger partial charge in [0.1, 0.15) is 12.2 Å². The van der Waals surface area contributed by atoms with Crippen molar-refractivity contribution in [3.63, 3.8) is 0 Å². The van der Waals surface area contributed by atoms with E-state index in [-0.39, 0.29) is 5.28 Å². The number of aromatic nitrogens is 4. The van der Waals surface area contributed by atoms with Crippen molar-refractivity contribution in [1.82, 2.24) is 19.5 Å². The summed E-state index contributed by atoms with van der Waals surface area (Å²) in [6.07, 6.45) is 0.545. The van der Waals surface area contributed by atoms with Gasteiger partial charge >= 0.3 is 0 Å². The molecule has 25 heavy (non-hydrogen) atoms. The van der Waals surface area contributed by atoms with Crippen LogP contribution in [-0.2, 0) is 4.74 Å². The van der Waals surface area contributed by atoms with Gasteiger partial charge in [0, 0.05) is 6.04 Å². The highest BCUT2D eigenvalue weighted by Gasteiger charge is 2.45. The summed E-state index contributed by atoms with van der Waals surface area (Å²) < 4.78 is 21.2. The number of hydrogen-bond acceptors (Lipinski definition) is 7. The van der Waals surface area contributed by atoms with Gasteiger partial charge in [-0.15, -0.1) is 0 Å². The highest BCUT2D eigenvalue weighted by Crippen LogP contribution is 2.35. The van der Waals surface area contributed by atoms with E-state index < -0.39 is 31.2 Å². The molecule has 0 spiro atoms. The second kappa shape index (κ2) is 6.64. The number of nitrogens with zero attached hydrogens (tertiary/aromatic N) is 4. The van der Waals surface area contributed by atoms with E-state index in [4.69, 9.17) is 16.3 Å². The van der Waals surface area contributed by atoms with E-state index in [1.54, 1.807) is 0 Å². The minimum Gasteiger partial charge on any atom is -0.394 e. The monoisotopic (exact) mass is 371 g/mol. The number of alkyl halides is 1. The zero-order valence-corrected chi connectivity index (χ0v) is 14.1. The van der Waals surface area contributed by atoms with Crippen molar-refractivity contribution in [3.8, 4) is 0 Å². The van der Waals surface area contributed by atoms with Crippen LogP contribution in [0.3, 0.4) is 0 Å². The van der Waals surface area contributed by atoms with Gasteiger partial charge in [-0.3, -0.25) is 4.57 Å². The fourth-order valence-corrected chi connectivity index (χ4v) is 3.68. The van der Waals surface area contributed by atoms with Gasteiger partial charge in [-0.05, 0) is 24.4 Å². The van der Waals surface area contributed by atoms with Crippen molar-refractivity contribution in [2.24, 2.45) is 0 Å². The van der Waals surface area contributed by atoms with E-state index in [0.29, 0.717) is 23.0 Å². The van der Waals surface area contributed by atoms with Crippen LogP contribution in [-0.4, -0.2) is 60.8 Å². The number of hydrogen-bond donors (Lipinski definition) is 3. The van der Waals surface area contributed by atoms with Crippen molar-refractivity contribution in [3.05, 3.63) is 11.6 Å². The van der Waals surface area contributed by atoms with Gasteiger partial charge in [-0.25, -0.2) is 9.37 Å². The van der Waals surface area contributed by atoms with Gasteiger partial charge in [-0.2, -0.15) is 9.97 Å². The summed E-state index contributed by atoms with van der Waals surface area (Å²) in [7, 11) is 0. The summed E-state index contributed by atoms with van der Waals surface area (Å²) in [6, 6.07) is 0.302. The predicted octanol–water partition coefficient (Wildman–Crippen LogP) is 1.42. The second-order valence-corrected chi connectivity index (χ2v) is 6.81. The highest BCUT2D eigenvalue weighted by molar-refractivity contribution is 6.28. The molecule has 1 unspecified atom stereocenters. The Balaban J connectivity index is 1.70. The predicted molar refractivity (Wildman–Crippen MR) is 88.1 cm³/mol. The third-order valence-corrected chi connectivity index (χ3v) is 5.01. The van der Waals surface area contributed by atoms with Crippen molar-refractivity contribution in [2.45, 2.75) is 56.3 Å². The van der Waals surface area contributed by atoms with Gasteiger partial charge in [-0.1, -0.05) is 12.8 Å². The van der Waals surface area contributed by atoms with E-state index in [9.17, 15) is 14.6 Å². The zero-order valence-electron chi connectivity index (χ0n) is 13.3. The van der Waals surface area contributed by atoms with Crippen molar-refractivity contribution >= 4 is 28.6 Å². The second-order valence-electron chi connectivity index (χ2n) is 6.47. The smallest absolute Gasteiger partial charge is 0.226 e. The number of ether oxygens (including phenoxy) is 1. The Morgan fingerprint density at radius 1 is 1.36 bits per heavy atom. The maximum absolute atomic E-state index is 14.4. The van der Waals surface area contributed by atoms with Crippen LogP contribution in [0, 0.1) is 0 Å². The Bertz CT molecular complexity index is 769. The topological polar surface area (TPSA) is 105 Å². The number of nitrogens with one attached hydrogen (secondary N) is 1. The van der Waals surface area contributed by atoms with E-state index in [1.807, 2.05) is 0 Å². The largest absolute Gasteiger partial charge is 0.394 e. The highest BCUT2D eigenvalue weighted by atomic mass is 35.5. The first-order chi connectivity index (χ1) is 12.1. The number of aliphatic hydroxyl groups is 2. The lowest BCUT2D eigenvalue weighted by Gasteiger charge is -2.16. The van der Waals surface area contributed by atoms with E-state index >= 15 is 0 Å². The van der Waals surface area contributed by atoms with Crippen LogP contribution < -0.4 is 5.32 Å².